The Labute approximate surface area is 600 Å². The zero-order valence-electron chi connectivity index (χ0n) is 63.8. The van der Waals surface area contributed by atoms with Crippen molar-refractivity contribution in [2.24, 2.45) is 0 Å². The average molecular weight is 1440 g/mol. The molecule has 0 aromatic rings. The normalized spacial score (nSPS) is 13.8. The zero-order chi connectivity index (χ0) is 71.8. The van der Waals surface area contributed by atoms with Crippen LogP contribution in [0.25, 0.3) is 0 Å². The fourth-order valence-corrected chi connectivity index (χ4v) is 13.9. The van der Waals surface area contributed by atoms with Gasteiger partial charge in [0.25, 0.3) is 0 Å². The second-order valence-corrected chi connectivity index (χ2v) is 31.4. The molecule has 0 bridgehead atoms. The molecular weight excluding hydrogens is 1280 g/mol. The first-order valence-electron chi connectivity index (χ1n) is 41.3. The van der Waals surface area contributed by atoms with Gasteiger partial charge in [0, 0.05) is 25.7 Å². The summed E-state index contributed by atoms with van der Waals surface area (Å²) in [5, 5.41) is 10.6. The Morgan fingerprint density at radius 2 is 0.408 bits per heavy atom. The number of aliphatic hydroxyl groups excluding tert-OH is 1. The van der Waals surface area contributed by atoms with E-state index in [9.17, 15) is 43.2 Å². The van der Waals surface area contributed by atoms with E-state index in [0.717, 1.165) is 89.9 Å². The molecule has 5 atom stereocenters. The van der Waals surface area contributed by atoms with Crippen molar-refractivity contribution in [1.82, 2.24) is 0 Å². The summed E-state index contributed by atoms with van der Waals surface area (Å²) < 4.78 is 68.7. The monoisotopic (exact) mass is 1440 g/mol. The molecule has 17 nitrogen and oxygen atoms in total. The van der Waals surface area contributed by atoms with Gasteiger partial charge >= 0.3 is 39.5 Å². The predicted molar refractivity (Wildman–Crippen MR) is 400 cm³/mol. The smallest absolute Gasteiger partial charge is 0.462 e. The molecule has 0 spiro atoms. The van der Waals surface area contributed by atoms with Crippen LogP contribution in [0.1, 0.15) is 426 Å². The average Bonchev–Trinajstić information content (AvgIpc) is 0.969. The molecule has 98 heavy (non-hydrogen) atoms. The lowest BCUT2D eigenvalue weighted by Crippen LogP contribution is -2.30. The highest BCUT2D eigenvalue weighted by atomic mass is 31.2. The maximum absolute atomic E-state index is 13.1. The standard InChI is InChI=1S/C79H154O17P2/c1-5-9-13-17-21-25-29-33-35-36-38-42-44-48-52-56-60-64-77(82)90-70-75(96-79(84)66-62-58-54-50-46-40-32-28-24-20-16-12-8-4)72-94-98(87,88)92-68-73(80)67-91-97(85,86)93-71-74(95-78(83)65-61-57-53-49-45-39-31-27-23-19-15-11-7-3)69-89-76(81)63-59-55-51-47-43-41-37-34-30-26-22-18-14-10-6-2/h73-75,80H,5-72H2,1-4H3,(H,85,86)(H,87,88)/t73-,74+,75+/m0/s1. The lowest BCUT2D eigenvalue weighted by Gasteiger charge is -2.21. The molecule has 0 amide bonds. The summed E-state index contributed by atoms with van der Waals surface area (Å²) in [6, 6.07) is 0. The molecule has 0 saturated carbocycles. The molecule has 0 saturated heterocycles. The second kappa shape index (κ2) is 73.4. The van der Waals surface area contributed by atoms with Crippen LogP contribution in [-0.4, -0.2) is 96.7 Å². The molecule has 0 rings (SSSR count). The fraction of sp³-hybridized carbons (Fsp3) is 0.949. The number of carbonyl (C=O) groups excluding carboxylic acids is 4. The summed E-state index contributed by atoms with van der Waals surface area (Å²) in [4.78, 5) is 73.0. The van der Waals surface area contributed by atoms with Gasteiger partial charge in [-0.15, -0.1) is 0 Å². The minimum atomic E-state index is -4.96. The SMILES string of the molecule is CCCCCCCCCCCCCCCCCCCC(=O)OC[C@H](COP(=O)(O)OC[C@@H](O)COP(=O)(O)OC[C@@H](COC(=O)CCCCCCCCCCCCCCCCC)OC(=O)CCCCCCCCCCCCCCC)OC(=O)CCCCCCCCCCCCCCC. The summed E-state index contributed by atoms with van der Waals surface area (Å²) in [6.07, 6.45) is 65.0. The molecule has 0 fully saturated rings. The van der Waals surface area contributed by atoms with E-state index in [-0.39, 0.29) is 25.7 Å². The molecular formula is C79H154O17P2. The van der Waals surface area contributed by atoms with Gasteiger partial charge in [0.2, 0.25) is 0 Å². The van der Waals surface area contributed by atoms with Gasteiger partial charge in [-0.05, 0) is 25.7 Å². The Kier molecular flexibility index (Phi) is 71.9. The van der Waals surface area contributed by atoms with Gasteiger partial charge in [-0.2, -0.15) is 0 Å². The van der Waals surface area contributed by atoms with E-state index in [1.807, 2.05) is 0 Å². The van der Waals surface area contributed by atoms with Crippen LogP contribution in [0.15, 0.2) is 0 Å². The Hall–Kier alpha value is -1.94. The van der Waals surface area contributed by atoms with Crippen molar-refractivity contribution < 1.29 is 80.2 Å². The van der Waals surface area contributed by atoms with Crippen LogP contribution in [0.3, 0.4) is 0 Å². The van der Waals surface area contributed by atoms with Gasteiger partial charge in [0.05, 0.1) is 26.4 Å². The third-order valence-electron chi connectivity index (χ3n) is 18.6. The van der Waals surface area contributed by atoms with Crippen LogP contribution in [-0.2, 0) is 65.4 Å². The largest absolute Gasteiger partial charge is 0.472 e. The number of aliphatic hydroxyl groups is 1. The lowest BCUT2D eigenvalue weighted by atomic mass is 10.0. The van der Waals surface area contributed by atoms with E-state index in [1.54, 1.807) is 0 Å². The van der Waals surface area contributed by atoms with Crippen molar-refractivity contribution in [2.45, 2.75) is 444 Å². The van der Waals surface area contributed by atoms with Crippen LogP contribution < -0.4 is 0 Å². The summed E-state index contributed by atoms with van der Waals surface area (Å²) in [6.45, 7) is 5.03. The number of esters is 4. The van der Waals surface area contributed by atoms with E-state index in [1.165, 1.54) is 257 Å². The fourth-order valence-electron chi connectivity index (χ4n) is 12.3. The minimum Gasteiger partial charge on any atom is -0.462 e. The summed E-state index contributed by atoms with van der Waals surface area (Å²) in [5.41, 5.74) is 0. The molecule has 0 radical (unpaired) electrons. The molecule has 19 heteroatoms. The van der Waals surface area contributed by atoms with Crippen molar-refractivity contribution in [3.8, 4) is 0 Å². The molecule has 2 unspecified atom stereocenters. The Morgan fingerprint density at radius 1 is 0.245 bits per heavy atom. The van der Waals surface area contributed by atoms with Crippen molar-refractivity contribution in [3.63, 3.8) is 0 Å². The van der Waals surface area contributed by atoms with Crippen molar-refractivity contribution in [2.75, 3.05) is 39.6 Å². The highest BCUT2D eigenvalue weighted by Crippen LogP contribution is 2.45. The van der Waals surface area contributed by atoms with Gasteiger partial charge in [-0.3, -0.25) is 37.3 Å². The summed E-state index contributed by atoms with van der Waals surface area (Å²) in [7, 11) is -9.91. The summed E-state index contributed by atoms with van der Waals surface area (Å²) >= 11 is 0. The van der Waals surface area contributed by atoms with Gasteiger partial charge in [0.15, 0.2) is 12.2 Å². The third-order valence-corrected chi connectivity index (χ3v) is 20.5. The quantitative estimate of drug-likeness (QED) is 0.0222. The molecule has 582 valence electrons. The van der Waals surface area contributed by atoms with E-state index < -0.39 is 97.5 Å². The molecule has 0 aliphatic carbocycles. The van der Waals surface area contributed by atoms with Crippen LogP contribution in [0.4, 0.5) is 0 Å². The molecule has 3 N–H and O–H groups in total. The van der Waals surface area contributed by atoms with Crippen LogP contribution in [0.5, 0.6) is 0 Å². The minimum absolute atomic E-state index is 0.109. The number of hydrogen-bond donors (Lipinski definition) is 3. The number of rotatable bonds is 80. The first-order chi connectivity index (χ1) is 47.7. The van der Waals surface area contributed by atoms with Gasteiger partial charge < -0.3 is 33.8 Å². The lowest BCUT2D eigenvalue weighted by molar-refractivity contribution is -0.161. The topological polar surface area (TPSA) is 237 Å². The summed E-state index contributed by atoms with van der Waals surface area (Å²) in [5.74, 6) is -2.10. The van der Waals surface area contributed by atoms with E-state index in [0.29, 0.717) is 25.7 Å². The number of hydrogen-bond acceptors (Lipinski definition) is 15. The molecule has 0 heterocycles. The Balaban J connectivity index is 5.24. The number of phosphoric ester groups is 2. The maximum atomic E-state index is 13.1. The molecule has 0 aromatic carbocycles. The number of unbranched alkanes of at least 4 members (excludes halogenated alkanes) is 54. The first kappa shape index (κ1) is 96.1. The van der Waals surface area contributed by atoms with Gasteiger partial charge in [0.1, 0.15) is 19.3 Å². The van der Waals surface area contributed by atoms with Crippen LogP contribution in [0.2, 0.25) is 0 Å². The predicted octanol–water partition coefficient (Wildman–Crippen LogP) is 23.8. The number of phosphoric acid groups is 2. The van der Waals surface area contributed by atoms with Crippen LogP contribution >= 0.6 is 15.6 Å². The van der Waals surface area contributed by atoms with E-state index >= 15 is 0 Å². The van der Waals surface area contributed by atoms with E-state index in [2.05, 4.69) is 27.7 Å². The molecule has 0 aliphatic heterocycles. The van der Waals surface area contributed by atoms with Crippen molar-refractivity contribution >= 4 is 39.5 Å². The first-order valence-corrected chi connectivity index (χ1v) is 44.3. The number of carbonyl (C=O) groups is 4. The third kappa shape index (κ3) is 72.4. The molecule has 0 aliphatic rings. The Bertz CT molecular complexity index is 1860. The van der Waals surface area contributed by atoms with Crippen molar-refractivity contribution in [3.05, 3.63) is 0 Å². The Morgan fingerprint density at radius 3 is 0.602 bits per heavy atom. The second-order valence-electron chi connectivity index (χ2n) is 28.5. The highest BCUT2D eigenvalue weighted by molar-refractivity contribution is 7.47. The van der Waals surface area contributed by atoms with Crippen LogP contribution in [0, 0.1) is 0 Å². The van der Waals surface area contributed by atoms with Gasteiger partial charge in [-0.1, -0.05) is 374 Å². The maximum Gasteiger partial charge on any atom is 0.472 e. The highest BCUT2D eigenvalue weighted by Gasteiger charge is 2.30. The zero-order valence-corrected chi connectivity index (χ0v) is 65.6. The van der Waals surface area contributed by atoms with E-state index in [4.69, 9.17) is 37.0 Å². The number of ether oxygens (including phenoxy) is 4. The van der Waals surface area contributed by atoms with Gasteiger partial charge in [-0.25, -0.2) is 9.13 Å². The molecule has 0 aromatic heterocycles. The van der Waals surface area contributed by atoms with Crippen molar-refractivity contribution in [1.29, 1.82) is 0 Å².